The van der Waals surface area contributed by atoms with E-state index in [1.807, 2.05) is 0 Å². The predicted molar refractivity (Wildman–Crippen MR) is 71.3 cm³/mol. The highest BCUT2D eigenvalue weighted by Crippen LogP contribution is 2.32. The molecule has 0 unspecified atom stereocenters. The van der Waals surface area contributed by atoms with Gasteiger partial charge in [0.1, 0.15) is 5.82 Å². The van der Waals surface area contributed by atoms with Crippen LogP contribution in [-0.2, 0) is 6.18 Å². The zero-order valence-electron chi connectivity index (χ0n) is 11.4. The van der Waals surface area contributed by atoms with Gasteiger partial charge in [0, 0.05) is 12.1 Å². The Labute approximate surface area is 119 Å². The third-order valence-electron chi connectivity index (χ3n) is 2.82. The van der Waals surface area contributed by atoms with E-state index in [1.54, 1.807) is 13.8 Å². The Balaban J connectivity index is 2.59. The molecule has 0 saturated carbocycles. The first-order valence-corrected chi connectivity index (χ1v) is 6.28. The van der Waals surface area contributed by atoms with E-state index in [4.69, 9.17) is 0 Å². The van der Waals surface area contributed by atoms with Gasteiger partial charge in [0.25, 0.3) is 0 Å². The Morgan fingerprint density at radius 1 is 1.14 bits per heavy atom. The predicted octanol–water partition coefficient (Wildman–Crippen LogP) is 4.04. The van der Waals surface area contributed by atoms with Crippen LogP contribution in [0, 0.1) is 12.7 Å². The van der Waals surface area contributed by atoms with E-state index >= 15 is 0 Å². The molecule has 21 heavy (non-hydrogen) atoms. The van der Waals surface area contributed by atoms with E-state index < -0.39 is 17.7 Å². The van der Waals surface area contributed by atoms with E-state index in [9.17, 15) is 17.6 Å². The van der Waals surface area contributed by atoms with Gasteiger partial charge < -0.3 is 5.32 Å². The van der Waals surface area contributed by atoms with Crippen LogP contribution in [0.1, 0.15) is 18.2 Å². The van der Waals surface area contributed by atoms with Crippen LogP contribution in [0.5, 0.6) is 0 Å². The molecule has 0 aliphatic heterocycles. The number of hydrogen-bond donors (Lipinski definition) is 1. The summed E-state index contributed by atoms with van der Waals surface area (Å²) in [5.74, 6) is -0.556. The van der Waals surface area contributed by atoms with E-state index in [1.165, 1.54) is 18.2 Å². The molecular formula is C14H13F4N3. The fraction of sp³-hybridized carbons (Fsp3) is 0.286. The van der Waals surface area contributed by atoms with E-state index in [2.05, 4.69) is 15.3 Å². The van der Waals surface area contributed by atoms with Gasteiger partial charge in [-0.15, -0.1) is 0 Å². The summed E-state index contributed by atoms with van der Waals surface area (Å²) in [6.07, 6.45) is -4.57. The van der Waals surface area contributed by atoms with Crippen LogP contribution in [0.4, 0.5) is 23.5 Å². The molecule has 0 bridgehead atoms. The highest BCUT2D eigenvalue weighted by Gasteiger charge is 2.33. The van der Waals surface area contributed by atoms with Crippen molar-refractivity contribution >= 4 is 5.95 Å². The van der Waals surface area contributed by atoms with E-state index in [-0.39, 0.29) is 11.6 Å². The Kier molecular flexibility index (Phi) is 4.11. The van der Waals surface area contributed by atoms with Gasteiger partial charge in [-0.1, -0.05) is 0 Å². The summed E-state index contributed by atoms with van der Waals surface area (Å²) in [6, 6.07) is 4.70. The number of benzene rings is 1. The average molecular weight is 299 g/mol. The van der Waals surface area contributed by atoms with Crippen LogP contribution in [0.3, 0.4) is 0 Å². The molecule has 0 fully saturated rings. The maximum absolute atomic E-state index is 13.1. The zero-order valence-corrected chi connectivity index (χ0v) is 11.4. The number of aromatic nitrogens is 2. The summed E-state index contributed by atoms with van der Waals surface area (Å²) in [5, 5.41) is 2.66. The molecular weight excluding hydrogens is 286 g/mol. The van der Waals surface area contributed by atoms with Gasteiger partial charge >= 0.3 is 6.18 Å². The SMILES string of the molecule is CCNc1nc(-c2ccc(F)cc2C)cc(C(F)(F)F)n1. The maximum Gasteiger partial charge on any atom is 0.433 e. The maximum atomic E-state index is 13.1. The lowest BCUT2D eigenvalue weighted by atomic mass is 10.0. The van der Waals surface area contributed by atoms with Crippen molar-refractivity contribution in [1.29, 1.82) is 0 Å². The Bertz CT molecular complexity index is 653. The average Bonchev–Trinajstić information content (AvgIpc) is 2.37. The van der Waals surface area contributed by atoms with Gasteiger partial charge in [-0.25, -0.2) is 14.4 Å². The molecule has 2 aromatic rings. The monoisotopic (exact) mass is 299 g/mol. The van der Waals surface area contributed by atoms with Crippen molar-refractivity contribution in [3.63, 3.8) is 0 Å². The first-order valence-electron chi connectivity index (χ1n) is 6.28. The van der Waals surface area contributed by atoms with Crippen molar-refractivity contribution < 1.29 is 17.6 Å². The third-order valence-corrected chi connectivity index (χ3v) is 2.82. The number of rotatable bonds is 3. The number of nitrogens with zero attached hydrogens (tertiary/aromatic N) is 2. The van der Waals surface area contributed by atoms with Crippen molar-refractivity contribution in [3.05, 3.63) is 41.3 Å². The minimum Gasteiger partial charge on any atom is -0.354 e. The van der Waals surface area contributed by atoms with Gasteiger partial charge in [-0.05, 0) is 43.7 Å². The molecule has 3 nitrogen and oxygen atoms in total. The Hall–Kier alpha value is -2.18. The molecule has 0 saturated heterocycles. The molecule has 7 heteroatoms. The van der Waals surface area contributed by atoms with Crippen LogP contribution >= 0.6 is 0 Å². The van der Waals surface area contributed by atoms with E-state index in [0.29, 0.717) is 17.7 Å². The molecule has 112 valence electrons. The molecule has 1 N–H and O–H groups in total. The van der Waals surface area contributed by atoms with Crippen molar-refractivity contribution in [2.45, 2.75) is 20.0 Å². The van der Waals surface area contributed by atoms with Gasteiger partial charge in [0.05, 0.1) is 5.69 Å². The second-order valence-electron chi connectivity index (χ2n) is 4.45. The number of aryl methyl sites for hydroxylation is 1. The standard InChI is InChI=1S/C14H13F4N3/c1-3-19-13-20-11(7-12(21-13)14(16,17)18)10-5-4-9(15)6-8(10)2/h4-7H,3H2,1-2H3,(H,19,20,21). The zero-order chi connectivity index (χ0) is 15.6. The summed E-state index contributed by atoms with van der Waals surface area (Å²) in [4.78, 5) is 7.50. The molecule has 0 aliphatic rings. The fourth-order valence-electron chi connectivity index (χ4n) is 1.88. The molecule has 0 spiro atoms. The topological polar surface area (TPSA) is 37.8 Å². The normalized spacial score (nSPS) is 11.5. The van der Waals surface area contributed by atoms with Gasteiger partial charge in [0.15, 0.2) is 5.69 Å². The summed E-state index contributed by atoms with van der Waals surface area (Å²) >= 11 is 0. The van der Waals surface area contributed by atoms with Crippen LogP contribution < -0.4 is 5.32 Å². The van der Waals surface area contributed by atoms with Crippen LogP contribution in [0.15, 0.2) is 24.3 Å². The van der Waals surface area contributed by atoms with Gasteiger partial charge in [0.2, 0.25) is 5.95 Å². The minimum atomic E-state index is -4.57. The smallest absolute Gasteiger partial charge is 0.354 e. The van der Waals surface area contributed by atoms with Crippen LogP contribution in [0.2, 0.25) is 0 Å². The summed E-state index contributed by atoms with van der Waals surface area (Å²) in [5.41, 5.74) is 0.00526. The highest BCUT2D eigenvalue weighted by molar-refractivity contribution is 5.65. The fourth-order valence-corrected chi connectivity index (χ4v) is 1.88. The molecule has 0 aliphatic carbocycles. The Morgan fingerprint density at radius 3 is 2.43 bits per heavy atom. The third kappa shape index (κ3) is 3.48. The number of anilines is 1. The summed E-state index contributed by atoms with van der Waals surface area (Å²) < 4.78 is 51.8. The largest absolute Gasteiger partial charge is 0.433 e. The number of hydrogen-bond acceptors (Lipinski definition) is 3. The van der Waals surface area contributed by atoms with Gasteiger partial charge in [-0.3, -0.25) is 0 Å². The van der Waals surface area contributed by atoms with Crippen LogP contribution in [-0.4, -0.2) is 16.5 Å². The first kappa shape index (κ1) is 15.2. The second-order valence-corrected chi connectivity index (χ2v) is 4.45. The number of alkyl halides is 3. The summed E-state index contributed by atoms with van der Waals surface area (Å²) in [7, 11) is 0. The molecule has 1 aromatic carbocycles. The molecule has 1 heterocycles. The Morgan fingerprint density at radius 2 is 1.86 bits per heavy atom. The van der Waals surface area contributed by atoms with Crippen molar-refractivity contribution in [2.75, 3.05) is 11.9 Å². The quantitative estimate of drug-likeness (QED) is 0.869. The first-order chi connectivity index (χ1) is 9.81. The molecule has 0 atom stereocenters. The highest BCUT2D eigenvalue weighted by atomic mass is 19.4. The number of halogens is 4. The second kappa shape index (κ2) is 5.67. The molecule has 1 aromatic heterocycles. The van der Waals surface area contributed by atoms with Crippen LogP contribution in [0.25, 0.3) is 11.3 Å². The molecule has 0 radical (unpaired) electrons. The molecule has 0 amide bonds. The van der Waals surface area contributed by atoms with E-state index in [0.717, 1.165) is 6.07 Å². The van der Waals surface area contributed by atoms with Crippen molar-refractivity contribution in [1.82, 2.24) is 9.97 Å². The lowest BCUT2D eigenvalue weighted by Gasteiger charge is -2.12. The molecule has 2 rings (SSSR count). The van der Waals surface area contributed by atoms with Gasteiger partial charge in [-0.2, -0.15) is 13.2 Å². The summed E-state index contributed by atoms with van der Waals surface area (Å²) in [6.45, 7) is 3.73. The lowest BCUT2D eigenvalue weighted by Crippen LogP contribution is -2.12. The van der Waals surface area contributed by atoms with Crippen molar-refractivity contribution in [2.24, 2.45) is 0 Å². The lowest BCUT2D eigenvalue weighted by molar-refractivity contribution is -0.141. The minimum absolute atomic E-state index is 0.103. The number of nitrogens with one attached hydrogen (secondary N) is 1. The van der Waals surface area contributed by atoms with Crippen molar-refractivity contribution in [3.8, 4) is 11.3 Å².